The van der Waals surface area contributed by atoms with Gasteiger partial charge in [-0.05, 0) is 57.3 Å². The average Bonchev–Trinajstić information content (AvgIpc) is 2.72. The highest BCUT2D eigenvalue weighted by atomic mass is 32.2. The molecule has 0 bridgehead atoms. The molecule has 24 heavy (non-hydrogen) atoms. The molecule has 0 saturated heterocycles. The molecule has 6 heteroatoms. The van der Waals surface area contributed by atoms with Crippen molar-refractivity contribution in [2.45, 2.75) is 50.2 Å². The highest BCUT2D eigenvalue weighted by Crippen LogP contribution is 2.34. The number of rotatable bonds is 5. The lowest BCUT2D eigenvalue weighted by Gasteiger charge is -2.37. The Morgan fingerprint density at radius 3 is 2.62 bits per heavy atom. The number of benzene rings is 1. The van der Waals surface area contributed by atoms with Crippen LogP contribution in [0.1, 0.15) is 50.0 Å². The van der Waals surface area contributed by atoms with Crippen molar-refractivity contribution in [3.63, 3.8) is 0 Å². The molecule has 1 aromatic carbocycles. The Kier molecular flexibility index (Phi) is 5.84. The van der Waals surface area contributed by atoms with Gasteiger partial charge in [0.05, 0.1) is 23.9 Å². The Balaban J connectivity index is 2.24. The van der Waals surface area contributed by atoms with Gasteiger partial charge in [-0.2, -0.15) is 0 Å². The highest BCUT2D eigenvalue weighted by molar-refractivity contribution is 7.99. The summed E-state index contributed by atoms with van der Waals surface area (Å²) in [7, 11) is 3.09. The SMILES string of the molecule is COC(=O)c1ccc2c(c1)SCCC=C2[B]OC(C)(C)C(C)(C)O. The quantitative estimate of drug-likeness (QED) is 0.653. The van der Waals surface area contributed by atoms with Gasteiger partial charge in [-0.3, -0.25) is 0 Å². The molecule has 0 amide bonds. The molecule has 1 aromatic rings. The monoisotopic (exact) mass is 347 g/mol. The van der Waals surface area contributed by atoms with Crippen molar-refractivity contribution in [3.05, 3.63) is 35.4 Å². The van der Waals surface area contributed by atoms with E-state index in [0.29, 0.717) is 5.56 Å². The van der Waals surface area contributed by atoms with Gasteiger partial charge in [-0.15, -0.1) is 11.8 Å². The van der Waals surface area contributed by atoms with Gasteiger partial charge in [0.1, 0.15) is 0 Å². The Morgan fingerprint density at radius 1 is 1.29 bits per heavy atom. The number of allylic oxidation sites excluding steroid dienone is 1. The van der Waals surface area contributed by atoms with E-state index < -0.39 is 11.2 Å². The van der Waals surface area contributed by atoms with Crippen molar-refractivity contribution in [2.75, 3.05) is 12.9 Å². The fraction of sp³-hybridized carbons (Fsp3) is 0.500. The minimum absolute atomic E-state index is 0.337. The maximum atomic E-state index is 11.7. The number of aliphatic hydroxyl groups is 1. The third-order valence-electron chi connectivity index (χ3n) is 4.41. The number of carbonyl (C=O) groups is 1. The molecule has 1 aliphatic rings. The molecule has 1 N–H and O–H groups in total. The van der Waals surface area contributed by atoms with Crippen LogP contribution in [0.15, 0.2) is 29.2 Å². The van der Waals surface area contributed by atoms with E-state index in [1.807, 2.05) is 26.0 Å². The molecule has 0 unspecified atom stereocenters. The van der Waals surface area contributed by atoms with Crippen LogP contribution in [0.25, 0.3) is 5.47 Å². The fourth-order valence-electron chi connectivity index (χ4n) is 2.08. The summed E-state index contributed by atoms with van der Waals surface area (Å²) in [6, 6.07) is 5.54. The van der Waals surface area contributed by atoms with Crippen LogP contribution in [-0.4, -0.2) is 42.6 Å². The smallest absolute Gasteiger partial charge is 0.337 e. The summed E-state index contributed by atoms with van der Waals surface area (Å²) in [5.74, 6) is 0.598. The summed E-state index contributed by atoms with van der Waals surface area (Å²) in [4.78, 5) is 12.8. The average molecular weight is 347 g/mol. The van der Waals surface area contributed by atoms with E-state index in [1.165, 1.54) is 7.11 Å². The number of esters is 1. The van der Waals surface area contributed by atoms with Crippen LogP contribution in [0.3, 0.4) is 0 Å². The van der Waals surface area contributed by atoms with Gasteiger partial charge in [-0.25, -0.2) is 4.79 Å². The zero-order valence-electron chi connectivity index (χ0n) is 14.9. The minimum Gasteiger partial charge on any atom is -0.465 e. The molecular weight excluding hydrogens is 323 g/mol. The topological polar surface area (TPSA) is 55.8 Å². The number of carbonyl (C=O) groups excluding carboxylic acids is 1. The van der Waals surface area contributed by atoms with Gasteiger partial charge < -0.3 is 14.5 Å². The third kappa shape index (κ3) is 4.24. The standard InChI is InChI=1S/C18H24BO4S/c1-17(2,21)18(3,4)23-19-14-7-6-10-24-15-11-12(16(20)22-5)8-9-13(14)15/h7-9,11,21H,6,10H2,1-5H3. The van der Waals surface area contributed by atoms with Crippen LogP contribution in [0.2, 0.25) is 0 Å². The molecule has 0 aliphatic carbocycles. The van der Waals surface area contributed by atoms with E-state index in [1.54, 1.807) is 39.2 Å². The van der Waals surface area contributed by atoms with Crippen molar-refractivity contribution < 1.29 is 19.3 Å². The number of methoxy groups -OCH3 is 1. The maximum Gasteiger partial charge on any atom is 0.337 e. The second-order valence-corrected chi connectivity index (χ2v) is 7.94. The molecule has 2 rings (SSSR count). The minimum atomic E-state index is -0.971. The second-order valence-electron chi connectivity index (χ2n) is 6.80. The van der Waals surface area contributed by atoms with Gasteiger partial charge in [0, 0.05) is 10.6 Å². The van der Waals surface area contributed by atoms with Crippen LogP contribution in [0.4, 0.5) is 0 Å². The molecule has 1 radical (unpaired) electrons. The first-order valence-electron chi connectivity index (χ1n) is 7.95. The zero-order chi connectivity index (χ0) is 18.0. The second kappa shape index (κ2) is 7.34. The predicted octanol–water partition coefficient (Wildman–Crippen LogP) is 3.50. The molecule has 1 aliphatic heterocycles. The van der Waals surface area contributed by atoms with Gasteiger partial charge in [0.15, 0.2) is 0 Å². The molecule has 0 spiro atoms. The molecule has 0 fully saturated rings. The first kappa shape index (κ1) is 19.1. The van der Waals surface area contributed by atoms with Crippen molar-refractivity contribution in [3.8, 4) is 0 Å². The summed E-state index contributed by atoms with van der Waals surface area (Å²) in [5.41, 5.74) is 0.837. The van der Waals surface area contributed by atoms with Gasteiger partial charge in [-0.1, -0.05) is 12.1 Å². The Bertz CT molecular complexity index is 647. The number of hydrogen-bond acceptors (Lipinski definition) is 5. The number of fused-ring (bicyclic) bond motifs is 1. The molecule has 0 atom stereocenters. The van der Waals surface area contributed by atoms with Crippen LogP contribution in [0.5, 0.6) is 0 Å². The zero-order valence-corrected chi connectivity index (χ0v) is 15.7. The first-order chi connectivity index (χ1) is 11.2. The van der Waals surface area contributed by atoms with Crippen molar-refractivity contribution in [2.24, 2.45) is 0 Å². The Morgan fingerprint density at radius 2 is 2.00 bits per heavy atom. The molecule has 1 heterocycles. The normalized spacial score (nSPS) is 15.2. The van der Waals surface area contributed by atoms with Crippen molar-refractivity contribution in [1.29, 1.82) is 0 Å². The number of thioether (sulfide) groups is 1. The third-order valence-corrected chi connectivity index (χ3v) is 5.50. The van der Waals surface area contributed by atoms with Crippen LogP contribution >= 0.6 is 11.8 Å². The summed E-state index contributed by atoms with van der Waals surface area (Å²) >= 11 is 1.71. The number of hydrogen-bond donors (Lipinski definition) is 1. The van der Waals surface area contributed by atoms with E-state index >= 15 is 0 Å². The largest absolute Gasteiger partial charge is 0.465 e. The fourth-order valence-corrected chi connectivity index (χ4v) is 3.09. The maximum absolute atomic E-state index is 11.7. The van der Waals surface area contributed by atoms with Gasteiger partial charge >= 0.3 is 13.5 Å². The molecule has 0 aromatic heterocycles. The van der Waals surface area contributed by atoms with E-state index in [0.717, 1.165) is 28.1 Å². The predicted molar refractivity (Wildman–Crippen MR) is 98.3 cm³/mol. The first-order valence-corrected chi connectivity index (χ1v) is 8.93. The van der Waals surface area contributed by atoms with Crippen molar-refractivity contribution in [1.82, 2.24) is 0 Å². The van der Waals surface area contributed by atoms with Gasteiger partial charge in [0.2, 0.25) is 0 Å². The number of ether oxygens (including phenoxy) is 1. The highest BCUT2D eigenvalue weighted by Gasteiger charge is 2.36. The lowest BCUT2D eigenvalue weighted by Crippen LogP contribution is -2.48. The van der Waals surface area contributed by atoms with E-state index in [9.17, 15) is 9.90 Å². The lowest BCUT2D eigenvalue weighted by atomic mass is 9.78. The van der Waals surface area contributed by atoms with E-state index in [4.69, 9.17) is 9.39 Å². The molecule has 4 nitrogen and oxygen atoms in total. The molecule has 0 saturated carbocycles. The Hall–Kier alpha value is -1.24. The van der Waals surface area contributed by atoms with Crippen molar-refractivity contribution >= 4 is 30.7 Å². The summed E-state index contributed by atoms with van der Waals surface area (Å²) in [6.07, 6.45) is 3.03. The van der Waals surface area contributed by atoms with Crippen LogP contribution in [-0.2, 0) is 9.39 Å². The molecular formula is C18H24BO4S. The Labute approximate surface area is 148 Å². The van der Waals surface area contributed by atoms with E-state index in [-0.39, 0.29) is 5.97 Å². The summed E-state index contributed by atoms with van der Waals surface area (Å²) in [6.45, 7) is 7.18. The summed E-state index contributed by atoms with van der Waals surface area (Å²) in [5, 5.41) is 10.2. The summed E-state index contributed by atoms with van der Waals surface area (Å²) < 4.78 is 10.7. The van der Waals surface area contributed by atoms with Crippen LogP contribution < -0.4 is 0 Å². The van der Waals surface area contributed by atoms with Crippen LogP contribution in [0, 0.1) is 0 Å². The van der Waals surface area contributed by atoms with E-state index in [2.05, 4.69) is 6.08 Å². The molecule has 129 valence electrons. The lowest BCUT2D eigenvalue weighted by molar-refractivity contribution is -0.0892. The van der Waals surface area contributed by atoms with Gasteiger partial charge in [0.25, 0.3) is 0 Å².